The van der Waals surface area contributed by atoms with Crippen LogP contribution in [-0.4, -0.2) is 38.8 Å². The summed E-state index contributed by atoms with van der Waals surface area (Å²) >= 11 is 0. The van der Waals surface area contributed by atoms with Crippen molar-refractivity contribution in [1.29, 1.82) is 0 Å². The number of nitrogens with one attached hydrogen (secondary N) is 2. The Morgan fingerprint density at radius 2 is 2.07 bits per heavy atom. The number of fused-ring (bicyclic) bond motifs is 1. The van der Waals surface area contributed by atoms with Crippen LogP contribution >= 0.6 is 24.0 Å². The molecule has 1 unspecified atom stereocenters. The van der Waals surface area contributed by atoms with Crippen molar-refractivity contribution in [2.75, 3.05) is 26.7 Å². The van der Waals surface area contributed by atoms with E-state index in [1.165, 1.54) is 17.2 Å². The van der Waals surface area contributed by atoms with Gasteiger partial charge in [-0.15, -0.1) is 24.0 Å². The molecular weight excluding hydrogens is 472 g/mol. The van der Waals surface area contributed by atoms with E-state index in [4.69, 9.17) is 9.47 Å². The molecule has 28 heavy (non-hydrogen) atoms. The summed E-state index contributed by atoms with van der Waals surface area (Å²) in [5.41, 5.74) is 2.56. The number of ether oxygens (including phenoxy) is 2. The van der Waals surface area contributed by atoms with Gasteiger partial charge >= 0.3 is 0 Å². The van der Waals surface area contributed by atoms with Gasteiger partial charge < -0.3 is 20.1 Å². The first-order chi connectivity index (χ1) is 13.2. The van der Waals surface area contributed by atoms with Crippen molar-refractivity contribution in [2.45, 2.75) is 25.9 Å². The SMILES string of the molecule is CN=C(NCCc1ccc2c(c1)CCO2)NCC(C)Oc1ccccc1F.I. The predicted molar refractivity (Wildman–Crippen MR) is 121 cm³/mol. The van der Waals surface area contributed by atoms with E-state index in [0.717, 1.165) is 31.7 Å². The van der Waals surface area contributed by atoms with Crippen LogP contribution in [0.2, 0.25) is 0 Å². The molecular formula is C21H27FIN3O2. The van der Waals surface area contributed by atoms with Gasteiger partial charge in [0.15, 0.2) is 17.5 Å². The quantitative estimate of drug-likeness (QED) is 0.348. The Balaban J connectivity index is 0.00000280. The largest absolute Gasteiger partial charge is 0.493 e. The fourth-order valence-electron chi connectivity index (χ4n) is 2.98. The Kier molecular flexibility index (Phi) is 8.82. The maximum Gasteiger partial charge on any atom is 0.191 e. The summed E-state index contributed by atoms with van der Waals surface area (Å²) in [6, 6.07) is 12.8. The van der Waals surface area contributed by atoms with Crippen molar-refractivity contribution in [3.05, 3.63) is 59.4 Å². The molecule has 0 bridgehead atoms. The maximum absolute atomic E-state index is 13.6. The van der Waals surface area contributed by atoms with Crippen molar-refractivity contribution in [3.63, 3.8) is 0 Å². The smallest absolute Gasteiger partial charge is 0.191 e. The highest BCUT2D eigenvalue weighted by atomic mass is 127. The van der Waals surface area contributed by atoms with Crippen molar-refractivity contribution in [3.8, 4) is 11.5 Å². The average Bonchev–Trinajstić information content (AvgIpc) is 3.14. The standard InChI is InChI=1S/C21H26FN3O2.HI/c1-15(27-20-6-4-3-5-18(20)22)14-25-21(23-2)24-11-9-16-7-8-19-17(13-16)10-12-26-19;/h3-8,13,15H,9-12,14H2,1-2H3,(H2,23,24,25);1H. The summed E-state index contributed by atoms with van der Waals surface area (Å²) in [7, 11) is 1.73. The molecule has 0 aromatic heterocycles. The maximum atomic E-state index is 13.6. The van der Waals surface area contributed by atoms with Crippen LogP contribution in [0.3, 0.4) is 0 Å². The zero-order valence-corrected chi connectivity index (χ0v) is 18.5. The zero-order valence-electron chi connectivity index (χ0n) is 16.2. The second-order valence-corrected chi connectivity index (χ2v) is 6.53. The second-order valence-electron chi connectivity index (χ2n) is 6.53. The third-order valence-electron chi connectivity index (χ3n) is 4.41. The van der Waals surface area contributed by atoms with E-state index in [1.807, 2.05) is 13.0 Å². The molecule has 0 spiro atoms. The van der Waals surface area contributed by atoms with Gasteiger partial charge in [0.2, 0.25) is 0 Å². The van der Waals surface area contributed by atoms with Gasteiger partial charge in [-0.3, -0.25) is 4.99 Å². The van der Waals surface area contributed by atoms with Crippen molar-refractivity contribution in [2.24, 2.45) is 4.99 Å². The fourth-order valence-corrected chi connectivity index (χ4v) is 2.98. The van der Waals surface area contributed by atoms with Crippen LogP contribution in [0.25, 0.3) is 0 Å². The van der Waals surface area contributed by atoms with Gasteiger partial charge in [0.1, 0.15) is 11.9 Å². The third kappa shape index (κ3) is 6.25. The van der Waals surface area contributed by atoms with E-state index in [2.05, 4.69) is 27.8 Å². The number of nitrogens with zero attached hydrogens (tertiary/aromatic N) is 1. The molecule has 3 rings (SSSR count). The average molecular weight is 499 g/mol. The minimum Gasteiger partial charge on any atom is -0.493 e. The lowest BCUT2D eigenvalue weighted by Gasteiger charge is -2.18. The molecule has 0 radical (unpaired) electrons. The van der Waals surface area contributed by atoms with Crippen LogP contribution in [0, 0.1) is 5.82 Å². The second kappa shape index (κ2) is 11.1. The molecule has 152 valence electrons. The van der Waals surface area contributed by atoms with Crippen LogP contribution in [-0.2, 0) is 12.8 Å². The lowest BCUT2D eigenvalue weighted by Crippen LogP contribution is -2.42. The van der Waals surface area contributed by atoms with E-state index in [9.17, 15) is 4.39 Å². The monoisotopic (exact) mass is 499 g/mol. The summed E-state index contributed by atoms with van der Waals surface area (Å²) in [4.78, 5) is 4.22. The lowest BCUT2D eigenvalue weighted by molar-refractivity contribution is 0.214. The van der Waals surface area contributed by atoms with Gasteiger partial charge in [-0.2, -0.15) is 0 Å². The molecule has 2 aromatic rings. The normalized spacial score (nSPS) is 13.8. The Morgan fingerprint density at radius 3 is 2.86 bits per heavy atom. The summed E-state index contributed by atoms with van der Waals surface area (Å²) in [6.45, 7) is 3.95. The van der Waals surface area contributed by atoms with Crippen LogP contribution in [0.5, 0.6) is 11.5 Å². The van der Waals surface area contributed by atoms with E-state index < -0.39 is 0 Å². The summed E-state index contributed by atoms with van der Waals surface area (Å²) in [6.07, 6.45) is 1.69. The summed E-state index contributed by atoms with van der Waals surface area (Å²) in [5, 5.41) is 6.50. The van der Waals surface area contributed by atoms with Crippen LogP contribution in [0.1, 0.15) is 18.1 Å². The molecule has 0 aliphatic carbocycles. The minimum absolute atomic E-state index is 0. The minimum atomic E-state index is -0.355. The predicted octanol–water partition coefficient (Wildman–Crippen LogP) is 3.55. The van der Waals surface area contributed by atoms with E-state index in [0.29, 0.717) is 12.5 Å². The third-order valence-corrected chi connectivity index (χ3v) is 4.41. The Morgan fingerprint density at radius 1 is 1.25 bits per heavy atom. The summed E-state index contributed by atoms with van der Waals surface area (Å²) in [5.74, 6) is 1.61. The lowest BCUT2D eigenvalue weighted by atomic mass is 10.1. The molecule has 0 saturated heterocycles. The molecule has 1 heterocycles. The highest BCUT2D eigenvalue weighted by Crippen LogP contribution is 2.25. The number of guanidine groups is 1. The Labute approximate surface area is 182 Å². The van der Waals surface area contributed by atoms with Gasteiger partial charge in [0.05, 0.1) is 13.2 Å². The number of rotatable bonds is 7. The van der Waals surface area contributed by atoms with E-state index in [1.54, 1.807) is 25.2 Å². The first-order valence-corrected chi connectivity index (χ1v) is 9.26. The zero-order chi connectivity index (χ0) is 19.1. The molecule has 5 nitrogen and oxygen atoms in total. The number of hydrogen-bond acceptors (Lipinski definition) is 3. The first-order valence-electron chi connectivity index (χ1n) is 9.26. The number of aliphatic imine (C=N–C) groups is 1. The van der Waals surface area contributed by atoms with Crippen molar-refractivity contribution in [1.82, 2.24) is 10.6 Å². The molecule has 1 atom stereocenters. The highest BCUT2D eigenvalue weighted by Gasteiger charge is 2.12. The molecule has 0 saturated carbocycles. The van der Waals surface area contributed by atoms with Crippen molar-refractivity contribution >= 4 is 29.9 Å². The molecule has 7 heteroatoms. The topological polar surface area (TPSA) is 54.9 Å². The molecule has 1 aliphatic rings. The number of hydrogen-bond donors (Lipinski definition) is 2. The van der Waals surface area contributed by atoms with Crippen LogP contribution in [0.15, 0.2) is 47.5 Å². The molecule has 1 aliphatic heterocycles. The number of benzene rings is 2. The first kappa shape index (κ1) is 22.3. The molecule has 2 aromatic carbocycles. The molecule has 0 fully saturated rings. The van der Waals surface area contributed by atoms with Gasteiger partial charge in [-0.05, 0) is 42.7 Å². The Hall–Kier alpha value is -2.03. The van der Waals surface area contributed by atoms with Crippen molar-refractivity contribution < 1.29 is 13.9 Å². The number of halogens is 2. The molecule has 2 N–H and O–H groups in total. The Bertz CT molecular complexity index is 801. The van der Waals surface area contributed by atoms with E-state index >= 15 is 0 Å². The van der Waals surface area contributed by atoms with Gasteiger partial charge in [-0.25, -0.2) is 4.39 Å². The fraction of sp³-hybridized carbons (Fsp3) is 0.381. The molecule has 0 amide bonds. The highest BCUT2D eigenvalue weighted by molar-refractivity contribution is 14.0. The van der Waals surface area contributed by atoms with E-state index in [-0.39, 0.29) is 41.6 Å². The van der Waals surface area contributed by atoms with Gasteiger partial charge in [0.25, 0.3) is 0 Å². The number of para-hydroxylation sites is 1. The van der Waals surface area contributed by atoms with Gasteiger partial charge in [0, 0.05) is 20.0 Å². The summed E-state index contributed by atoms with van der Waals surface area (Å²) < 4.78 is 24.8. The van der Waals surface area contributed by atoms with Gasteiger partial charge in [-0.1, -0.05) is 24.3 Å². The van der Waals surface area contributed by atoms with Crippen LogP contribution in [0.4, 0.5) is 4.39 Å². The van der Waals surface area contributed by atoms with Crippen LogP contribution < -0.4 is 20.1 Å².